The number of hydrogen-bond donors (Lipinski definition) is 1. The molecule has 19 heavy (non-hydrogen) atoms. The lowest BCUT2D eigenvalue weighted by Gasteiger charge is -2.09. The molecular formula is C13H16N4OS. The number of ether oxygens (including phenoxy) is 1. The molecule has 0 amide bonds. The van der Waals surface area contributed by atoms with Crippen LogP contribution in [0.15, 0.2) is 34.3 Å². The van der Waals surface area contributed by atoms with Gasteiger partial charge in [-0.2, -0.15) is 15.0 Å². The van der Waals surface area contributed by atoms with Crippen molar-refractivity contribution in [2.45, 2.75) is 36.9 Å². The molecule has 1 heterocycles. The molecule has 0 atom stereocenters. The predicted octanol–water partition coefficient (Wildman–Crippen LogP) is 2.70. The van der Waals surface area contributed by atoms with Crippen molar-refractivity contribution < 1.29 is 4.74 Å². The lowest BCUT2D eigenvalue weighted by molar-refractivity contribution is 0.219. The van der Waals surface area contributed by atoms with Gasteiger partial charge in [-0.1, -0.05) is 18.2 Å². The fraction of sp³-hybridized carbons (Fsp3) is 0.308. The number of nitrogens with zero attached hydrogens (tertiary/aromatic N) is 3. The lowest BCUT2D eigenvalue weighted by Crippen LogP contribution is -2.10. The number of nitrogen functional groups attached to an aromatic ring is 1. The Kier molecular flexibility index (Phi) is 4.21. The van der Waals surface area contributed by atoms with Crippen molar-refractivity contribution in [1.82, 2.24) is 15.0 Å². The number of hydrogen-bond acceptors (Lipinski definition) is 6. The molecule has 5 nitrogen and oxygen atoms in total. The van der Waals surface area contributed by atoms with Gasteiger partial charge < -0.3 is 10.5 Å². The van der Waals surface area contributed by atoms with Gasteiger partial charge in [0, 0.05) is 4.90 Å². The molecule has 0 aliphatic rings. The van der Waals surface area contributed by atoms with Gasteiger partial charge in [-0.25, -0.2) is 0 Å². The van der Waals surface area contributed by atoms with Gasteiger partial charge in [0.25, 0.3) is 0 Å². The molecule has 0 bridgehead atoms. The largest absolute Gasteiger partial charge is 0.461 e. The van der Waals surface area contributed by atoms with Gasteiger partial charge in [0.2, 0.25) is 11.1 Å². The van der Waals surface area contributed by atoms with E-state index < -0.39 is 0 Å². The zero-order valence-electron chi connectivity index (χ0n) is 11.1. The van der Waals surface area contributed by atoms with E-state index in [0.29, 0.717) is 5.16 Å². The van der Waals surface area contributed by atoms with E-state index in [4.69, 9.17) is 10.5 Å². The first-order valence-corrected chi connectivity index (χ1v) is 6.78. The van der Waals surface area contributed by atoms with Gasteiger partial charge >= 0.3 is 6.01 Å². The Balaban J connectivity index is 2.25. The summed E-state index contributed by atoms with van der Waals surface area (Å²) in [5.74, 6) is 0.168. The van der Waals surface area contributed by atoms with Crippen molar-refractivity contribution in [3.05, 3.63) is 29.8 Å². The van der Waals surface area contributed by atoms with E-state index >= 15 is 0 Å². The van der Waals surface area contributed by atoms with Gasteiger partial charge in [0.05, 0.1) is 6.10 Å². The Morgan fingerprint density at radius 1 is 1.16 bits per heavy atom. The topological polar surface area (TPSA) is 73.9 Å². The molecule has 0 fully saturated rings. The first kappa shape index (κ1) is 13.6. The van der Waals surface area contributed by atoms with Gasteiger partial charge in [0.1, 0.15) is 0 Å². The van der Waals surface area contributed by atoms with E-state index in [9.17, 15) is 0 Å². The third kappa shape index (κ3) is 3.82. The molecule has 0 spiro atoms. The number of benzene rings is 1. The SMILES string of the molecule is Cc1ccccc1Sc1nc(N)nc(OC(C)C)n1. The van der Waals surface area contributed by atoms with E-state index in [1.807, 2.05) is 45.0 Å². The number of aryl methyl sites for hydroxylation is 1. The third-order valence-corrected chi connectivity index (χ3v) is 3.29. The van der Waals surface area contributed by atoms with Crippen LogP contribution in [0.3, 0.4) is 0 Å². The molecule has 6 heteroatoms. The molecule has 2 rings (SSSR count). The maximum absolute atomic E-state index is 5.67. The molecule has 1 aromatic carbocycles. The van der Waals surface area contributed by atoms with Crippen LogP contribution in [-0.2, 0) is 0 Å². The molecule has 1 aromatic heterocycles. The summed E-state index contributed by atoms with van der Waals surface area (Å²) in [5.41, 5.74) is 6.84. The molecule has 0 radical (unpaired) electrons. The zero-order valence-corrected chi connectivity index (χ0v) is 11.9. The normalized spacial score (nSPS) is 10.7. The number of rotatable bonds is 4. The summed E-state index contributed by atoms with van der Waals surface area (Å²) in [6.45, 7) is 5.86. The highest BCUT2D eigenvalue weighted by Gasteiger charge is 2.09. The van der Waals surface area contributed by atoms with Gasteiger partial charge in [-0.05, 0) is 44.2 Å². The summed E-state index contributed by atoms with van der Waals surface area (Å²) >= 11 is 1.45. The summed E-state index contributed by atoms with van der Waals surface area (Å²) in [6, 6.07) is 8.29. The lowest BCUT2D eigenvalue weighted by atomic mass is 10.2. The maximum atomic E-state index is 5.67. The quantitative estimate of drug-likeness (QED) is 0.925. The van der Waals surface area contributed by atoms with Crippen molar-refractivity contribution in [1.29, 1.82) is 0 Å². The Morgan fingerprint density at radius 3 is 2.58 bits per heavy atom. The average Bonchev–Trinajstić information content (AvgIpc) is 2.30. The summed E-state index contributed by atoms with van der Waals surface area (Å²) in [5, 5.41) is 0.539. The molecule has 2 aromatic rings. The highest BCUT2D eigenvalue weighted by Crippen LogP contribution is 2.28. The second-order valence-electron chi connectivity index (χ2n) is 4.29. The van der Waals surface area contributed by atoms with Crippen LogP contribution >= 0.6 is 11.8 Å². The van der Waals surface area contributed by atoms with Crippen molar-refractivity contribution in [3.8, 4) is 6.01 Å². The van der Waals surface area contributed by atoms with Crippen molar-refractivity contribution in [2.24, 2.45) is 0 Å². The fourth-order valence-electron chi connectivity index (χ4n) is 1.43. The minimum atomic E-state index is -0.00175. The second-order valence-corrected chi connectivity index (χ2v) is 5.30. The molecular weight excluding hydrogens is 260 g/mol. The first-order valence-electron chi connectivity index (χ1n) is 5.96. The average molecular weight is 276 g/mol. The van der Waals surface area contributed by atoms with E-state index in [1.54, 1.807) is 0 Å². The summed E-state index contributed by atoms with van der Waals surface area (Å²) < 4.78 is 5.45. The first-order chi connectivity index (χ1) is 9.04. The van der Waals surface area contributed by atoms with Crippen LogP contribution in [-0.4, -0.2) is 21.1 Å². The summed E-state index contributed by atoms with van der Waals surface area (Å²) in [7, 11) is 0. The minimum Gasteiger partial charge on any atom is -0.461 e. The van der Waals surface area contributed by atoms with Crippen LogP contribution in [0.2, 0.25) is 0 Å². The number of nitrogens with two attached hydrogens (primary N) is 1. The highest BCUT2D eigenvalue weighted by molar-refractivity contribution is 7.99. The van der Waals surface area contributed by atoms with Crippen LogP contribution in [0.25, 0.3) is 0 Å². The zero-order chi connectivity index (χ0) is 13.8. The van der Waals surface area contributed by atoms with Crippen molar-refractivity contribution in [2.75, 3.05) is 5.73 Å². The smallest absolute Gasteiger partial charge is 0.322 e. The third-order valence-electron chi connectivity index (χ3n) is 2.25. The second kappa shape index (κ2) is 5.88. The Bertz CT molecular complexity index is 574. The Labute approximate surface area is 116 Å². The van der Waals surface area contributed by atoms with Gasteiger partial charge in [-0.15, -0.1) is 0 Å². The van der Waals surface area contributed by atoms with Crippen LogP contribution in [0.1, 0.15) is 19.4 Å². The Morgan fingerprint density at radius 2 is 1.89 bits per heavy atom. The van der Waals surface area contributed by atoms with Crippen molar-refractivity contribution in [3.63, 3.8) is 0 Å². The Hall–Kier alpha value is -1.82. The van der Waals surface area contributed by atoms with E-state index in [2.05, 4.69) is 15.0 Å². The molecule has 0 unspecified atom stereocenters. The van der Waals surface area contributed by atoms with Crippen LogP contribution in [0.5, 0.6) is 6.01 Å². The number of aromatic nitrogens is 3. The summed E-state index contributed by atoms with van der Waals surface area (Å²) in [4.78, 5) is 13.4. The predicted molar refractivity (Wildman–Crippen MR) is 75.3 cm³/mol. The molecule has 100 valence electrons. The standard InChI is InChI=1S/C13H16N4OS/c1-8(2)18-12-15-11(14)16-13(17-12)19-10-7-5-4-6-9(10)3/h4-8H,1-3H3,(H2,14,15,16,17). The van der Waals surface area contributed by atoms with Gasteiger partial charge in [0.15, 0.2) is 0 Å². The molecule has 0 saturated heterocycles. The highest BCUT2D eigenvalue weighted by atomic mass is 32.2. The fourth-order valence-corrected chi connectivity index (χ4v) is 2.27. The number of anilines is 1. The van der Waals surface area contributed by atoms with Crippen LogP contribution in [0.4, 0.5) is 5.95 Å². The molecule has 0 aliphatic heterocycles. The molecule has 2 N–H and O–H groups in total. The van der Waals surface area contributed by atoms with E-state index in [-0.39, 0.29) is 18.1 Å². The minimum absolute atomic E-state index is 0.00175. The molecule has 0 saturated carbocycles. The summed E-state index contributed by atoms with van der Waals surface area (Å²) in [6.07, 6.45) is -0.00175. The maximum Gasteiger partial charge on any atom is 0.322 e. The van der Waals surface area contributed by atoms with E-state index in [0.717, 1.165) is 10.5 Å². The van der Waals surface area contributed by atoms with Crippen molar-refractivity contribution >= 4 is 17.7 Å². The van der Waals surface area contributed by atoms with Gasteiger partial charge in [-0.3, -0.25) is 0 Å². The van der Waals surface area contributed by atoms with E-state index in [1.165, 1.54) is 11.8 Å². The monoisotopic (exact) mass is 276 g/mol. The van der Waals surface area contributed by atoms with Crippen LogP contribution < -0.4 is 10.5 Å². The molecule has 0 aliphatic carbocycles. The van der Waals surface area contributed by atoms with Crippen LogP contribution in [0, 0.1) is 6.92 Å².